The van der Waals surface area contributed by atoms with Gasteiger partial charge in [0.25, 0.3) is 0 Å². The van der Waals surface area contributed by atoms with E-state index in [9.17, 15) is 14.7 Å². The second-order valence-electron chi connectivity index (χ2n) is 8.06. The van der Waals surface area contributed by atoms with Crippen LogP contribution in [-0.4, -0.2) is 31.6 Å². The largest absolute Gasteiger partial charge is 0.507 e. The molecule has 0 saturated carbocycles. The lowest BCUT2D eigenvalue weighted by atomic mass is 9.85. The van der Waals surface area contributed by atoms with Crippen molar-refractivity contribution >= 4 is 28.7 Å². The van der Waals surface area contributed by atoms with E-state index in [2.05, 4.69) is 0 Å². The number of aromatic hydroxyl groups is 1. The summed E-state index contributed by atoms with van der Waals surface area (Å²) in [6.45, 7) is 0. The van der Waals surface area contributed by atoms with E-state index in [1.807, 2.05) is 30.5 Å². The molecule has 0 saturated heterocycles. The van der Waals surface area contributed by atoms with Gasteiger partial charge in [-0.1, -0.05) is 18.2 Å². The molecule has 178 valence electrons. The van der Waals surface area contributed by atoms with E-state index in [0.717, 1.165) is 10.5 Å². The van der Waals surface area contributed by atoms with Gasteiger partial charge >= 0.3 is 5.97 Å². The number of phenols is 1. The average molecular weight is 491 g/mol. The molecule has 0 amide bonds. The molecular formula is C27H22O7S. The van der Waals surface area contributed by atoms with E-state index in [-0.39, 0.29) is 40.4 Å². The maximum atomic E-state index is 13.6. The predicted molar refractivity (Wildman–Crippen MR) is 133 cm³/mol. The normalized spacial score (nSPS) is 14.9. The SMILES string of the molecule is COc1ccc(-c2coc3c4c(cc(O)c3c2=O)OC(=O)C[C@@H]4c2ccc(SC)cc2)cc1OC. The summed E-state index contributed by atoms with van der Waals surface area (Å²) in [5, 5.41) is 10.8. The van der Waals surface area contributed by atoms with Crippen LogP contribution < -0.4 is 19.6 Å². The topological polar surface area (TPSA) is 95.2 Å². The minimum atomic E-state index is -0.417. The number of phenolic OH excluding ortho intramolecular Hbond substituents is 1. The van der Waals surface area contributed by atoms with E-state index in [1.165, 1.54) is 26.5 Å². The van der Waals surface area contributed by atoms with E-state index in [0.29, 0.717) is 22.6 Å². The van der Waals surface area contributed by atoms with Gasteiger partial charge in [0, 0.05) is 22.4 Å². The van der Waals surface area contributed by atoms with Crippen molar-refractivity contribution in [3.05, 3.63) is 76.1 Å². The minimum Gasteiger partial charge on any atom is -0.507 e. The molecule has 35 heavy (non-hydrogen) atoms. The first-order chi connectivity index (χ1) is 16.9. The summed E-state index contributed by atoms with van der Waals surface area (Å²) in [5.74, 6) is 0.0448. The molecule has 1 aromatic heterocycles. The number of carbonyl (C=O) groups is 1. The highest BCUT2D eigenvalue weighted by molar-refractivity contribution is 7.98. The highest BCUT2D eigenvalue weighted by atomic mass is 32.2. The highest BCUT2D eigenvalue weighted by Gasteiger charge is 2.33. The van der Waals surface area contributed by atoms with Crippen LogP contribution in [-0.2, 0) is 4.79 Å². The molecule has 0 unspecified atom stereocenters. The monoisotopic (exact) mass is 490 g/mol. The van der Waals surface area contributed by atoms with Crippen LogP contribution in [0.5, 0.6) is 23.0 Å². The lowest BCUT2D eigenvalue weighted by molar-refractivity contribution is -0.135. The van der Waals surface area contributed by atoms with Crippen LogP contribution in [0.4, 0.5) is 0 Å². The Kier molecular flexibility index (Phi) is 5.90. The van der Waals surface area contributed by atoms with Gasteiger partial charge in [0.15, 0.2) is 11.5 Å². The van der Waals surface area contributed by atoms with E-state index < -0.39 is 11.4 Å². The number of methoxy groups -OCH3 is 2. The number of hydrogen-bond acceptors (Lipinski definition) is 8. The van der Waals surface area contributed by atoms with Crippen molar-refractivity contribution in [2.45, 2.75) is 17.2 Å². The summed E-state index contributed by atoms with van der Waals surface area (Å²) in [6, 6.07) is 14.3. The van der Waals surface area contributed by atoms with E-state index in [4.69, 9.17) is 18.6 Å². The Hall–Kier alpha value is -3.91. The summed E-state index contributed by atoms with van der Waals surface area (Å²) >= 11 is 1.62. The van der Waals surface area contributed by atoms with Crippen molar-refractivity contribution in [2.24, 2.45) is 0 Å². The summed E-state index contributed by atoms with van der Waals surface area (Å²) in [4.78, 5) is 27.0. The van der Waals surface area contributed by atoms with Gasteiger partial charge in [-0.3, -0.25) is 9.59 Å². The van der Waals surface area contributed by atoms with Crippen molar-refractivity contribution in [1.29, 1.82) is 0 Å². The molecule has 7 nitrogen and oxygen atoms in total. The fraction of sp³-hybridized carbons (Fsp3) is 0.185. The Balaban J connectivity index is 1.72. The predicted octanol–water partition coefficient (Wildman–Crippen LogP) is 5.35. The smallest absolute Gasteiger partial charge is 0.312 e. The third-order valence-corrected chi connectivity index (χ3v) is 6.93. The zero-order chi connectivity index (χ0) is 24.7. The van der Waals surface area contributed by atoms with Gasteiger partial charge in [-0.05, 0) is 41.6 Å². The van der Waals surface area contributed by atoms with Gasteiger partial charge in [0.2, 0.25) is 5.43 Å². The number of esters is 1. The minimum absolute atomic E-state index is 0.0275. The van der Waals surface area contributed by atoms with Gasteiger partial charge in [0.05, 0.1) is 26.2 Å². The Labute approximate surface area is 205 Å². The highest BCUT2D eigenvalue weighted by Crippen LogP contribution is 2.46. The van der Waals surface area contributed by atoms with Crippen LogP contribution in [0.2, 0.25) is 0 Å². The molecule has 2 heterocycles. The van der Waals surface area contributed by atoms with Crippen molar-refractivity contribution < 1.29 is 28.5 Å². The molecule has 4 aromatic rings. The maximum Gasteiger partial charge on any atom is 0.312 e. The third-order valence-electron chi connectivity index (χ3n) is 6.18. The number of carbonyl (C=O) groups excluding carboxylic acids is 1. The van der Waals surface area contributed by atoms with Crippen molar-refractivity contribution in [3.63, 3.8) is 0 Å². The Morgan fingerprint density at radius 2 is 1.74 bits per heavy atom. The molecule has 0 aliphatic carbocycles. The fourth-order valence-electron chi connectivity index (χ4n) is 4.46. The molecule has 0 bridgehead atoms. The molecule has 8 heteroatoms. The first-order valence-electron chi connectivity index (χ1n) is 10.8. The average Bonchev–Trinajstić information content (AvgIpc) is 2.87. The van der Waals surface area contributed by atoms with Gasteiger partial charge in [0.1, 0.15) is 28.7 Å². The van der Waals surface area contributed by atoms with Gasteiger partial charge in [-0.2, -0.15) is 0 Å². The third kappa shape index (κ3) is 3.89. The summed E-state index contributed by atoms with van der Waals surface area (Å²) in [6.07, 6.45) is 3.44. The molecule has 1 atom stereocenters. The summed E-state index contributed by atoms with van der Waals surface area (Å²) in [7, 11) is 3.04. The number of hydrogen-bond donors (Lipinski definition) is 1. The van der Waals surface area contributed by atoms with Crippen LogP contribution in [0.25, 0.3) is 22.1 Å². The van der Waals surface area contributed by atoms with E-state index in [1.54, 1.807) is 30.0 Å². The Morgan fingerprint density at radius 3 is 2.43 bits per heavy atom. The molecule has 1 aliphatic heterocycles. The quantitative estimate of drug-likeness (QED) is 0.227. The number of thioether (sulfide) groups is 1. The van der Waals surface area contributed by atoms with Crippen LogP contribution in [0.1, 0.15) is 23.5 Å². The van der Waals surface area contributed by atoms with Crippen LogP contribution in [0, 0.1) is 0 Å². The first kappa shape index (κ1) is 22.9. The Morgan fingerprint density at radius 1 is 1.00 bits per heavy atom. The first-order valence-corrected chi connectivity index (χ1v) is 12.1. The molecule has 0 fully saturated rings. The van der Waals surface area contributed by atoms with Crippen molar-refractivity contribution in [1.82, 2.24) is 0 Å². The number of rotatable bonds is 5. The number of benzene rings is 3. The summed E-state index contributed by atoms with van der Waals surface area (Å²) in [5.41, 5.74) is 2.03. The molecule has 1 aliphatic rings. The standard InChI is InChI=1S/C27H22O7S/c1-31-20-9-6-15(10-21(20)32-2)18-13-33-27-24-17(14-4-7-16(35-3)8-5-14)11-23(29)34-22(24)12-19(28)25(27)26(18)30/h4-10,12-13,17,28H,11H2,1-3H3/t17-/m1/s1. The van der Waals surface area contributed by atoms with Gasteiger partial charge in [-0.15, -0.1) is 11.8 Å². The molecule has 0 spiro atoms. The Bertz CT molecular complexity index is 1510. The molecule has 1 N–H and O–H groups in total. The number of fused-ring (bicyclic) bond motifs is 3. The van der Waals surface area contributed by atoms with Gasteiger partial charge in [-0.25, -0.2) is 0 Å². The van der Waals surface area contributed by atoms with Gasteiger partial charge < -0.3 is 23.7 Å². The van der Waals surface area contributed by atoms with Crippen molar-refractivity contribution in [2.75, 3.05) is 20.5 Å². The zero-order valence-corrected chi connectivity index (χ0v) is 20.1. The second-order valence-corrected chi connectivity index (χ2v) is 8.94. The maximum absolute atomic E-state index is 13.6. The molecule has 5 rings (SSSR count). The lowest BCUT2D eigenvalue weighted by Gasteiger charge is -2.26. The van der Waals surface area contributed by atoms with Crippen LogP contribution in [0.3, 0.4) is 0 Å². The fourth-order valence-corrected chi connectivity index (χ4v) is 4.86. The molecule has 0 radical (unpaired) electrons. The molecule has 3 aromatic carbocycles. The summed E-state index contributed by atoms with van der Waals surface area (Å²) < 4.78 is 22.1. The van der Waals surface area contributed by atoms with Crippen LogP contribution >= 0.6 is 11.8 Å². The second kappa shape index (κ2) is 9.03. The van der Waals surface area contributed by atoms with Crippen LogP contribution in [0.15, 0.2) is 68.9 Å². The lowest BCUT2D eigenvalue weighted by Crippen LogP contribution is -2.22. The zero-order valence-electron chi connectivity index (χ0n) is 19.3. The number of ether oxygens (including phenoxy) is 3. The van der Waals surface area contributed by atoms with Crippen molar-refractivity contribution in [3.8, 4) is 34.1 Å². The van der Waals surface area contributed by atoms with E-state index >= 15 is 0 Å². The molecular weight excluding hydrogens is 468 g/mol.